The Morgan fingerprint density at radius 3 is 2.55 bits per heavy atom. The van der Waals surface area contributed by atoms with E-state index in [0.29, 0.717) is 18.7 Å². The average molecular weight is 273 g/mol. The van der Waals surface area contributed by atoms with E-state index in [2.05, 4.69) is 5.10 Å². The van der Waals surface area contributed by atoms with Crippen LogP contribution in [0.5, 0.6) is 0 Å². The van der Waals surface area contributed by atoms with Gasteiger partial charge in [0.25, 0.3) is 5.91 Å². The first-order valence-corrected chi connectivity index (χ1v) is 6.41. The van der Waals surface area contributed by atoms with Gasteiger partial charge < -0.3 is 9.64 Å². The van der Waals surface area contributed by atoms with Crippen LogP contribution in [-0.4, -0.2) is 34.7 Å². The first-order valence-electron chi connectivity index (χ1n) is 6.41. The fourth-order valence-corrected chi connectivity index (χ4v) is 2.03. The van der Waals surface area contributed by atoms with Crippen molar-refractivity contribution in [2.24, 2.45) is 7.05 Å². The van der Waals surface area contributed by atoms with Crippen molar-refractivity contribution in [3.05, 3.63) is 53.3 Å². The third kappa shape index (κ3) is 3.45. The minimum Gasteiger partial charge on any atom is -0.380 e. The molecule has 0 bridgehead atoms. The smallest absolute Gasteiger partial charge is 0.253 e. The lowest BCUT2D eigenvalue weighted by molar-refractivity contribution is 0.0785. The fourth-order valence-electron chi connectivity index (χ4n) is 2.03. The Hall–Kier alpha value is -2.14. The Labute approximate surface area is 118 Å². The summed E-state index contributed by atoms with van der Waals surface area (Å²) < 4.78 is 6.78. The maximum Gasteiger partial charge on any atom is 0.253 e. The zero-order chi connectivity index (χ0) is 14.5. The van der Waals surface area contributed by atoms with Gasteiger partial charge in [-0.25, -0.2) is 0 Å². The van der Waals surface area contributed by atoms with Crippen LogP contribution in [0.1, 0.15) is 21.5 Å². The van der Waals surface area contributed by atoms with Gasteiger partial charge in [0.05, 0.1) is 12.8 Å². The molecule has 106 valence electrons. The topological polar surface area (TPSA) is 47.4 Å². The van der Waals surface area contributed by atoms with Gasteiger partial charge in [-0.3, -0.25) is 9.48 Å². The Morgan fingerprint density at radius 1 is 1.30 bits per heavy atom. The van der Waals surface area contributed by atoms with Crippen LogP contribution in [0.15, 0.2) is 36.7 Å². The Bertz CT molecular complexity index is 575. The number of aryl methyl sites for hydroxylation is 1. The second-order valence-corrected chi connectivity index (χ2v) is 4.81. The highest BCUT2D eigenvalue weighted by Gasteiger charge is 2.12. The van der Waals surface area contributed by atoms with E-state index in [-0.39, 0.29) is 5.91 Å². The molecule has 1 heterocycles. The first kappa shape index (κ1) is 14.3. The van der Waals surface area contributed by atoms with Crippen LogP contribution in [0.3, 0.4) is 0 Å². The molecule has 5 heteroatoms. The number of nitrogens with zero attached hydrogens (tertiary/aromatic N) is 3. The molecule has 5 nitrogen and oxygen atoms in total. The predicted octanol–water partition coefficient (Wildman–Crippen LogP) is 1.84. The van der Waals surface area contributed by atoms with E-state index in [1.807, 2.05) is 37.5 Å². The van der Waals surface area contributed by atoms with Crippen LogP contribution < -0.4 is 0 Å². The summed E-state index contributed by atoms with van der Waals surface area (Å²) in [6.45, 7) is 1.10. The molecule has 20 heavy (non-hydrogen) atoms. The molecule has 2 aromatic rings. The Morgan fingerprint density at radius 2 is 2.00 bits per heavy atom. The number of methoxy groups -OCH3 is 1. The minimum atomic E-state index is -0.00202. The maximum atomic E-state index is 12.3. The number of ether oxygens (including phenoxy) is 1. The van der Waals surface area contributed by atoms with Crippen molar-refractivity contribution >= 4 is 5.91 Å². The van der Waals surface area contributed by atoms with Gasteiger partial charge in [0.15, 0.2) is 0 Å². The zero-order valence-electron chi connectivity index (χ0n) is 12.0. The van der Waals surface area contributed by atoms with E-state index in [1.54, 1.807) is 29.9 Å². The normalized spacial score (nSPS) is 10.6. The molecule has 2 rings (SSSR count). The summed E-state index contributed by atoms with van der Waals surface area (Å²) >= 11 is 0. The quantitative estimate of drug-likeness (QED) is 0.835. The molecule has 0 aliphatic rings. The van der Waals surface area contributed by atoms with Crippen molar-refractivity contribution in [2.45, 2.75) is 13.2 Å². The molecular formula is C15H19N3O2. The summed E-state index contributed by atoms with van der Waals surface area (Å²) in [5.74, 6) is -0.00202. The van der Waals surface area contributed by atoms with E-state index in [9.17, 15) is 4.79 Å². The largest absolute Gasteiger partial charge is 0.380 e. The predicted molar refractivity (Wildman–Crippen MR) is 76.2 cm³/mol. The SMILES string of the molecule is COCc1ccc(C(=O)N(C)Cc2cnn(C)c2)cc1. The van der Waals surface area contributed by atoms with E-state index in [1.165, 1.54) is 0 Å². The number of carbonyl (C=O) groups excluding carboxylic acids is 1. The maximum absolute atomic E-state index is 12.3. The molecule has 0 atom stereocenters. The van der Waals surface area contributed by atoms with E-state index in [4.69, 9.17) is 4.74 Å². The zero-order valence-corrected chi connectivity index (χ0v) is 12.0. The van der Waals surface area contributed by atoms with Crippen molar-refractivity contribution in [3.63, 3.8) is 0 Å². The molecule has 0 spiro atoms. The number of carbonyl (C=O) groups is 1. The molecule has 0 aliphatic carbocycles. The van der Waals surface area contributed by atoms with Crippen LogP contribution in [0.2, 0.25) is 0 Å². The lowest BCUT2D eigenvalue weighted by atomic mass is 10.1. The Kier molecular flexibility index (Phi) is 4.53. The molecule has 0 radical (unpaired) electrons. The van der Waals surface area contributed by atoms with Crippen molar-refractivity contribution in [2.75, 3.05) is 14.2 Å². The number of hydrogen-bond donors (Lipinski definition) is 0. The molecule has 1 aromatic carbocycles. The molecule has 0 saturated carbocycles. The van der Waals surface area contributed by atoms with Crippen molar-refractivity contribution in [3.8, 4) is 0 Å². The summed E-state index contributed by atoms with van der Waals surface area (Å²) in [5.41, 5.74) is 2.74. The van der Waals surface area contributed by atoms with Gasteiger partial charge in [0.2, 0.25) is 0 Å². The van der Waals surface area contributed by atoms with Gasteiger partial charge in [-0.05, 0) is 17.7 Å². The second kappa shape index (κ2) is 6.34. The lowest BCUT2D eigenvalue weighted by Gasteiger charge is -2.16. The summed E-state index contributed by atoms with van der Waals surface area (Å²) in [6.07, 6.45) is 3.68. The number of rotatable bonds is 5. The van der Waals surface area contributed by atoms with Gasteiger partial charge in [-0.15, -0.1) is 0 Å². The van der Waals surface area contributed by atoms with Crippen molar-refractivity contribution in [1.29, 1.82) is 0 Å². The summed E-state index contributed by atoms with van der Waals surface area (Å²) in [4.78, 5) is 14.0. The van der Waals surface area contributed by atoms with Crippen LogP contribution >= 0.6 is 0 Å². The monoisotopic (exact) mass is 273 g/mol. The van der Waals surface area contributed by atoms with Gasteiger partial charge in [0, 0.05) is 45.1 Å². The van der Waals surface area contributed by atoms with Crippen molar-refractivity contribution < 1.29 is 9.53 Å². The van der Waals surface area contributed by atoms with E-state index >= 15 is 0 Å². The fraction of sp³-hybridized carbons (Fsp3) is 0.333. The van der Waals surface area contributed by atoms with Crippen LogP contribution in [0, 0.1) is 0 Å². The van der Waals surface area contributed by atoms with Crippen molar-refractivity contribution in [1.82, 2.24) is 14.7 Å². The summed E-state index contributed by atoms with van der Waals surface area (Å²) in [5, 5.41) is 4.10. The third-order valence-electron chi connectivity index (χ3n) is 3.04. The standard InChI is InChI=1S/C15H19N3O2/c1-17(9-13-8-16-18(2)10-13)15(19)14-6-4-12(5-7-14)11-20-3/h4-8,10H,9,11H2,1-3H3. The highest BCUT2D eigenvalue weighted by atomic mass is 16.5. The molecule has 0 aliphatic heterocycles. The van der Waals surface area contributed by atoms with Gasteiger partial charge in [-0.1, -0.05) is 12.1 Å². The van der Waals surface area contributed by atoms with Crippen LogP contribution in [0.4, 0.5) is 0 Å². The third-order valence-corrected chi connectivity index (χ3v) is 3.04. The number of aromatic nitrogens is 2. The first-order chi connectivity index (χ1) is 9.60. The highest BCUT2D eigenvalue weighted by Crippen LogP contribution is 2.10. The molecule has 1 aromatic heterocycles. The molecule has 0 saturated heterocycles. The molecule has 0 unspecified atom stereocenters. The van der Waals surface area contributed by atoms with Gasteiger partial charge in [-0.2, -0.15) is 5.10 Å². The average Bonchev–Trinajstić information content (AvgIpc) is 2.84. The minimum absolute atomic E-state index is 0.00202. The molecule has 0 N–H and O–H groups in total. The van der Waals surface area contributed by atoms with Crippen LogP contribution in [0.25, 0.3) is 0 Å². The molecular weight excluding hydrogens is 254 g/mol. The number of amides is 1. The van der Waals surface area contributed by atoms with E-state index in [0.717, 1.165) is 11.1 Å². The molecule has 0 fully saturated rings. The highest BCUT2D eigenvalue weighted by molar-refractivity contribution is 5.94. The molecule has 1 amide bonds. The van der Waals surface area contributed by atoms with Gasteiger partial charge >= 0.3 is 0 Å². The summed E-state index contributed by atoms with van der Waals surface area (Å²) in [6, 6.07) is 7.48. The second-order valence-electron chi connectivity index (χ2n) is 4.81. The summed E-state index contributed by atoms with van der Waals surface area (Å²) in [7, 11) is 5.30. The van der Waals surface area contributed by atoms with Crippen LogP contribution in [-0.2, 0) is 24.9 Å². The Balaban J connectivity index is 2.02. The number of hydrogen-bond acceptors (Lipinski definition) is 3. The number of benzene rings is 1. The lowest BCUT2D eigenvalue weighted by Crippen LogP contribution is -2.26. The van der Waals surface area contributed by atoms with E-state index < -0.39 is 0 Å². The van der Waals surface area contributed by atoms with Gasteiger partial charge in [0.1, 0.15) is 0 Å².